The number of anilines is 1. The van der Waals surface area contributed by atoms with Crippen molar-refractivity contribution in [2.24, 2.45) is 0 Å². The minimum atomic E-state index is -0.227. The van der Waals surface area contributed by atoms with Gasteiger partial charge in [-0.3, -0.25) is 4.79 Å². The van der Waals surface area contributed by atoms with E-state index in [1.165, 1.54) is 11.3 Å². The van der Waals surface area contributed by atoms with E-state index in [-0.39, 0.29) is 11.9 Å². The van der Waals surface area contributed by atoms with E-state index in [2.05, 4.69) is 24.1 Å². The lowest BCUT2D eigenvalue weighted by Crippen LogP contribution is -2.37. The maximum absolute atomic E-state index is 12.7. The molecule has 29 heavy (non-hydrogen) atoms. The van der Waals surface area contributed by atoms with E-state index in [4.69, 9.17) is 4.74 Å². The lowest BCUT2D eigenvalue weighted by atomic mass is 10.3. The highest BCUT2D eigenvalue weighted by atomic mass is 32.1. The normalized spacial score (nSPS) is 10.6. The van der Waals surface area contributed by atoms with Crippen LogP contribution in [-0.4, -0.2) is 60.1 Å². The second-order valence-electron chi connectivity index (χ2n) is 6.63. The number of benzene rings is 1. The lowest BCUT2D eigenvalue weighted by molar-refractivity contribution is 0.0750. The summed E-state index contributed by atoms with van der Waals surface area (Å²) in [5.41, 5.74) is 1.17. The molecule has 0 saturated carbocycles. The molecule has 0 unspecified atom stereocenters. The van der Waals surface area contributed by atoms with E-state index >= 15 is 0 Å². The van der Waals surface area contributed by atoms with Gasteiger partial charge in [0.2, 0.25) is 0 Å². The van der Waals surface area contributed by atoms with E-state index in [0.717, 1.165) is 36.6 Å². The Bertz CT molecular complexity index is 760. The van der Waals surface area contributed by atoms with Crippen LogP contribution in [0, 0.1) is 0 Å². The highest BCUT2D eigenvalue weighted by Crippen LogP contribution is 2.16. The predicted octanol–water partition coefficient (Wildman–Crippen LogP) is 4.09. The summed E-state index contributed by atoms with van der Waals surface area (Å²) in [5, 5.41) is 5.39. The number of ether oxygens (including phenoxy) is 1. The van der Waals surface area contributed by atoms with E-state index < -0.39 is 0 Å². The van der Waals surface area contributed by atoms with Crippen LogP contribution in [0.1, 0.15) is 42.2 Å². The first-order valence-electron chi connectivity index (χ1n) is 9.92. The van der Waals surface area contributed by atoms with Gasteiger partial charge in [-0.15, -0.1) is 11.3 Å². The maximum Gasteiger partial charge on any atom is 0.322 e. The molecule has 0 fully saturated rings. The molecule has 0 aliphatic heterocycles. The monoisotopic (exact) mass is 418 g/mol. The van der Waals surface area contributed by atoms with Crippen molar-refractivity contribution in [1.82, 2.24) is 14.8 Å². The number of amides is 3. The van der Waals surface area contributed by atoms with Gasteiger partial charge < -0.3 is 19.9 Å². The van der Waals surface area contributed by atoms with E-state index in [1.807, 2.05) is 35.2 Å². The zero-order valence-electron chi connectivity index (χ0n) is 17.4. The van der Waals surface area contributed by atoms with E-state index in [1.54, 1.807) is 17.4 Å². The number of rotatable bonds is 11. The van der Waals surface area contributed by atoms with Gasteiger partial charge in [-0.2, -0.15) is 0 Å². The Morgan fingerprint density at radius 3 is 2.38 bits per heavy atom. The lowest BCUT2D eigenvalue weighted by Gasteiger charge is -2.22. The Morgan fingerprint density at radius 1 is 1.07 bits per heavy atom. The van der Waals surface area contributed by atoms with Gasteiger partial charge in [0.25, 0.3) is 5.91 Å². The second kappa shape index (κ2) is 12.2. The molecule has 3 amide bonds. The van der Waals surface area contributed by atoms with Crippen molar-refractivity contribution in [3.05, 3.63) is 46.4 Å². The molecule has 1 aromatic heterocycles. The number of aromatic nitrogens is 1. The van der Waals surface area contributed by atoms with Crippen LogP contribution in [0.2, 0.25) is 0 Å². The first kappa shape index (κ1) is 22.8. The molecule has 2 rings (SSSR count). The Balaban J connectivity index is 2.07. The van der Waals surface area contributed by atoms with E-state index in [9.17, 15) is 9.59 Å². The molecular weight excluding hydrogens is 388 g/mol. The molecule has 0 atom stereocenters. The fraction of sp³-hybridized carbons (Fsp3) is 0.476. The van der Waals surface area contributed by atoms with Crippen LogP contribution in [0.4, 0.5) is 10.5 Å². The highest BCUT2D eigenvalue weighted by Gasteiger charge is 2.20. The third-order valence-electron chi connectivity index (χ3n) is 4.25. The highest BCUT2D eigenvalue weighted by molar-refractivity contribution is 7.09. The number of nitrogens with zero attached hydrogens (tertiary/aromatic N) is 3. The summed E-state index contributed by atoms with van der Waals surface area (Å²) < 4.78 is 5.14. The van der Waals surface area contributed by atoms with Gasteiger partial charge in [-0.05, 0) is 25.0 Å². The zero-order valence-corrected chi connectivity index (χ0v) is 18.2. The van der Waals surface area contributed by atoms with Crippen molar-refractivity contribution in [3.8, 4) is 0 Å². The molecule has 1 heterocycles. The van der Waals surface area contributed by atoms with Gasteiger partial charge in [0, 0.05) is 37.8 Å². The molecule has 1 N–H and O–H groups in total. The Labute approximate surface area is 176 Å². The summed E-state index contributed by atoms with van der Waals surface area (Å²) in [5.74, 6) is -0.0478. The molecule has 2 aromatic rings. The smallest absolute Gasteiger partial charge is 0.322 e. The molecule has 1 aromatic carbocycles. The summed E-state index contributed by atoms with van der Waals surface area (Å²) in [6, 6.07) is 9.08. The number of carbonyl (C=O) groups is 2. The maximum atomic E-state index is 12.7. The van der Waals surface area contributed by atoms with Gasteiger partial charge in [-0.25, -0.2) is 9.78 Å². The second-order valence-corrected chi connectivity index (χ2v) is 7.57. The van der Waals surface area contributed by atoms with Crippen LogP contribution in [-0.2, 0) is 11.3 Å². The van der Waals surface area contributed by atoms with Crippen molar-refractivity contribution in [1.29, 1.82) is 0 Å². The fourth-order valence-corrected chi connectivity index (χ4v) is 3.62. The quantitative estimate of drug-likeness (QED) is 0.596. The van der Waals surface area contributed by atoms with Crippen LogP contribution < -0.4 is 5.32 Å². The van der Waals surface area contributed by atoms with Gasteiger partial charge in [0.15, 0.2) is 0 Å². The number of methoxy groups -OCH3 is 1. The summed E-state index contributed by atoms with van der Waals surface area (Å²) >= 11 is 1.40. The first-order chi connectivity index (χ1) is 14.1. The molecule has 7 nitrogen and oxygen atoms in total. The van der Waals surface area contributed by atoms with E-state index in [0.29, 0.717) is 25.4 Å². The Hall–Kier alpha value is -2.45. The Kier molecular flexibility index (Phi) is 9.59. The number of hydrogen-bond donors (Lipinski definition) is 1. The van der Waals surface area contributed by atoms with Crippen LogP contribution in [0.5, 0.6) is 0 Å². The number of para-hydroxylation sites is 1. The van der Waals surface area contributed by atoms with Crippen molar-refractivity contribution in [2.75, 3.05) is 38.7 Å². The van der Waals surface area contributed by atoms with Gasteiger partial charge in [-0.1, -0.05) is 32.0 Å². The zero-order chi connectivity index (χ0) is 21.1. The summed E-state index contributed by atoms with van der Waals surface area (Å²) in [4.78, 5) is 33.4. The average molecular weight is 419 g/mol. The summed E-state index contributed by atoms with van der Waals surface area (Å²) in [7, 11) is 1.60. The minimum Gasteiger partial charge on any atom is -0.383 e. The molecule has 0 saturated heterocycles. The molecule has 158 valence electrons. The van der Waals surface area contributed by atoms with Crippen LogP contribution in [0.25, 0.3) is 0 Å². The topological polar surface area (TPSA) is 74.8 Å². The number of urea groups is 1. The molecular formula is C21H30N4O3S. The number of nitrogens with one attached hydrogen (secondary N) is 1. The summed E-state index contributed by atoms with van der Waals surface area (Å²) in [6.45, 7) is 6.72. The van der Waals surface area contributed by atoms with Crippen molar-refractivity contribution >= 4 is 29.0 Å². The van der Waals surface area contributed by atoms with Crippen LogP contribution in [0.3, 0.4) is 0 Å². The molecule has 8 heteroatoms. The van der Waals surface area contributed by atoms with Gasteiger partial charge in [0.05, 0.1) is 13.2 Å². The van der Waals surface area contributed by atoms with Crippen molar-refractivity contribution in [3.63, 3.8) is 0 Å². The van der Waals surface area contributed by atoms with Gasteiger partial charge in [0.1, 0.15) is 10.7 Å². The third kappa shape index (κ3) is 7.14. The molecule has 0 aliphatic carbocycles. The summed E-state index contributed by atoms with van der Waals surface area (Å²) in [6.07, 6.45) is 1.82. The van der Waals surface area contributed by atoms with Crippen molar-refractivity contribution in [2.45, 2.75) is 33.2 Å². The molecule has 0 radical (unpaired) electrons. The number of carbonyl (C=O) groups excluding carboxylic acids is 2. The number of hydrogen-bond acceptors (Lipinski definition) is 5. The first-order valence-corrected chi connectivity index (χ1v) is 10.8. The van der Waals surface area contributed by atoms with Crippen LogP contribution in [0.15, 0.2) is 35.7 Å². The fourth-order valence-electron chi connectivity index (χ4n) is 2.84. The Morgan fingerprint density at radius 2 is 1.76 bits per heavy atom. The SMILES string of the molecule is CCCN(CCC)C(=O)c1csc(CN(CCOC)C(=O)Nc2ccccc2)n1. The standard InChI is InChI=1S/C21H30N4O3S/c1-4-11-24(12-5-2)20(26)18-16-29-19(23-18)15-25(13-14-28-3)21(27)22-17-9-7-6-8-10-17/h6-10,16H,4-5,11-15H2,1-3H3,(H,22,27). The van der Waals surface area contributed by atoms with Crippen molar-refractivity contribution < 1.29 is 14.3 Å². The average Bonchev–Trinajstić information content (AvgIpc) is 3.19. The van der Waals surface area contributed by atoms with Crippen LogP contribution >= 0.6 is 11.3 Å². The third-order valence-corrected chi connectivity index (χ3v) is 5.08. The predicted molar refractivity (Wildman–Crippen MR) is 116 cm³/mol. The minimum absolute atomic E-state index is 0.0478. The molecule has 0 bridgehead atoms. The largest absolute Gasteiger partial charge is 0.383 e. The van der Waals surface area contributed by atoms with Gasteiger partial charge >= 0.3 is 6.03 Å². The molecule has 0 aliphatic rings. The number of thiazole rings is 1. The molecule has 0 spiro atoms.